The highest BCUT2D eigenvalue weighted by Gasteiger charge is 2.18. The monoisotopic (exact) mass is 394 g/mol. The summed E-state index contributed by atoms with van der Waals surface area (Å²) in [5.74, 6) is 0.556. The highest BCUT2D eigenvalue weighted by atomic mass is 127. The molecular formula is C12H23IN6O. The lowest BCUT2D eigenvalue weighted by Crippen LogP contribution is -2.47. The van der Waals surface area contributed by atoms with Gasteiger partial charge in [0.25, 0.3) is 0 Å². The maximum Gasteiger partial charge on any atom is 0.191 e. The summed E-state index contributed by atoms with van der Waals surface area (Å²) >= 11 is 0. The predicted octanol–water partition coefficient (Wildman–Crippen LogP) is 0.760. The molecule has 1 aromatic rings. The van der Waals surface area contributed by atoms with Gasteiger partial charge in [-0.25, -0.2) is 4.99 Å². The van der Waals surface area contributed by atoms with E-state index in [-0.39, 0.29) is 30.1 Å². The Kier molecular flexibility index (Phi) is 6.66. The van der Waals surface area contributed by atoms with Crippen molar-refractivity contribution in [2.45, 2.75) is 40.0 Å². The van der Waals surface area contributed by atoms with Crippen molar-refractivity contribution in [2.75, 3.05) is 19.7 Å². The van der Waals surface area contributed by atoms with E-state index in [4.69, 9.17) is 10.5 Å². The van der Waals surface area contributed by atoms with Crippen LogP contribution >= 0.6 is 24.0 Å². The lowest BCUT2D eigenvalue weighted by Gasteiger charge is -2.31. The van der Waals surface area contributed by atoms with Crippen LogP contribution < -0.4 is 5.73 Å². The van der Waals surface area contributed by atoms with Gasteiger partial charge in [0.05, 0.1) is 31.5 Å². The molecule has 1 unspecified atom stereocenters. The number of aliphatic imine (C=N–C) groups is 1. The average Bonchev–Trinajstić information content (AvgIpc) is 2.76. The molecule has 7 nitrogen and oxygen atoms in total. The van der Waals surface area contributed by atoms with Crippen LogP contribution in [-0.2, 0) is 17.8 Å². The van der Waals surface area contributed by atoms with E-state index in [1.54, 1.807) is 4.80 Å². The number of ether oxygens (including phenoxy) is 1. The molecule has 2 heterocycles. The smallest absolute Gasteiger partial charge is 0.191 e. The van der Waals surface area contributed by atoms with Crippen LogP contribution in [0.25, 0.3) is 0 Å². The molecule has 0 aromatic carbocycles. The van der Waals surface area contributed by atoms with E-state index in [0.717, 1.165) is 31.0 Å². The fraction of sp³-hybridized carbons (Fsp3) is 0.750. The van der Waals surface area contributed by atoms with Crippen LogP contribution in [0.15, 0.2) is 4.99 Å². The van der Waals surface area contributed by atoms with Crippen molar-refractivity contribution < 1.29 is 4.74 Å². The summed E-state index contributed by atoms with van der Waals surface area (Å²) in [5, 5.41) is 8.65. The quantitative estimate of drug-likeness (QED) is 0.465. The van der Waals surface area contributed by atoms with Crippen LogP contribution in [0, 0.1) is 6.92 Å². The van der Waals surface area contributed by atoms with Crippen LogP contribution in [0.5, 0.6) is 0 Å². The van der Waals surface area contributed by atoms with Gasteiger partial charge < -0.3 is 15.4 Å². The normalized spacial score (nSPS) is 19.9. The molecule has 1 fully saturated rings. The molecule has 0 bridgehead atoms. The Morgan fingerprint density at radius 3 is 2.85 bits per heavy atom. The molecule has 0 radical (unpaired) electrons. The van der Waals surface area contributed by atoms with Crippen molar-refractivity contribution in [3.63, 3.8) is 0 Å². The Morgan fingerprint density at radius 1 is 1.50 bits per heavy atom. The second-order valence-electron chi connectivity index (χ2n) is 4.72. The summed E-state index contributed by atoms with van der Waals surface area (Å²) in [6.07, 6.45) is 0.199. The minimum atomic E-state index is 0. The summed E-state index contributed by atoms with van der Waals surface area (Å²) in [6, 6.07) is 0. The zero-order valence-corrected chi connectivity index (χ0v) is 14.6. The van der Waals surface area contributed by atoms with E-state index < -0.39 is 0 Å². The lowest BCUT2D eigenvalue weighted by molar-refractivity contribution is 0.00528. The van der Waals surface area contributed by atoms with E-state index in [1.165, 1.54) is 0 Å². The average molecular weight is 394 g/mol. The molecule has 1 saturated heterocycles. The minimum Gasteiger partial charge on any atom is -0.375 e. The molecule has 0 spiro atoms. The highest BCUT2D eigenvalue weighted by Crippen LogP contribution is 2.06. The number of nitrogens with two attached hydrogens (primary N) is 1. The van der Waals surface area contributed by atoms with Crippen LogP contribution in [0.2, 0.25) is 0 Å². The summed E-state index contributed by atoms with van der Waals surface area (Å²) in [7, 11) is 0. The summed E-state index contributed by atoms with van der Waals surface area (Å²) in [5.41, 5.74) is 7.80. The van der Waals surface area contributed by atoms with Gasteiger partial charge in [0, 0.05) is 13.1 Å². The molecule has 8 heteroatoms. The fourth-order valence-corrected chi connectivity index (χ4v) is 2.03. The number of morpholine rings is 1. The van der Waals surface area contributed by atoms with E-state index in [0.29, 0.717) is 19.1 Å². The van der Waals surface area contributed by atoms with Gasteiger partial charge in [-0.3, -0.25) is 0 Å². The SMILES string of the molecule is CCn1nc(C)c(CN=C(N)N2CCOC(C)C2)n1.I. The standard InChI is InChI=1S/C12H22N6O.HI/c1-4-18-15-10(3)11(16-18)7-14-12(13)17-5-6-19-9(2)8-17;/h9H,4-8H2,1-3H3,(H2,13,14);1H. The first-order valence-electron chi connectivity index (χ1n) is 6.67. The lowest BCUT2D eigenvalue weighted by atomic mass is 10.3. The van der Waals surface area contributed by atoms with Crippen LogP contribution in [-0.4, -0.2) is 51.7 Å². The van der Waals surface area contributed by atoms with E-state index >= 15 is 0 Å². The third-order valence-corrected chi connectivity index (χ3v) is 3.16. The topological polar surface area (TPSA) is 81.6 Å². The Labute approximate surface area is 136 Å². The van der Waals surface area contributed by atoms with Gasteiger partial charge in [0.15, 0.2) is 5.96 Å². The first-order chi connectivity index (χ1) is 9.10. The van der Waals surface area contributed by atoms with Crippen LogP contribution in [0.4, 0.5) is 0 Å². The van der Waals surface area contributed by atoms with Gasteiger partial charge in [0.2, 0.25) is 0 Å². The molecule has 0 aliphatic carbocycles. The number of halogens is 1. The van der Waals surface area contributed by atoms with Crippen LogP contribution in [0.1, 0.15) is 25.2 Å². The first kappa shape index (κ1) is 17.2. The van der Waals surface area contributed by atoms with Gasteiger partial charge in [-0.15, -0.1) is 24.0 Å². The third-order valence-electron chi connectivity index (χ3n) is 3.16. The second-order valence-corrected chi connectivity index (χ2v) is 4.72. The molecule has 1 aromatic heterocycles. The summed E-state index contributed by atoms with van der Waals surface area (Å²) in [4.78, 5) is 8.13. The van der Waals surface area contributed by atoms with Crippen molar-refractivity contribution >= 4 is 29.9 Å². The molecular weight excluding hydrogens is 371 g/mol. The number of hydrogen-bond donors (Lipinski definition) is 1. The Bertz CT molecular complexity index is 461. The molecule has 0 saturated carbocycles. The van der Waals surface area contributed by atoms with E-state index in [9.17, 15) is 0 Å². The molecule has 1 aliphatic heterocycles. The van der Waals surface area contributed by atoms with Gasteiger partial charge in [-0.1, -0.05) is 0 Å². The van der Waals surface area contributed by atoms with Crippen LogP contribution in [0.3, 0.4) is 0 Å². The summed E-state index contributed by atoms with van der Waals surface area (Å²) < 4.78 is 5.48. The van der Waals surface area contributed by atoms with Crippen molar-refractivity contribution in [1.82, 2.24) is 19.9 Å². The number of guanidine groups is 1. The number of aromatic nitrogens is 3. The summed E-state index contributed by atoms with van der Waals surface area (Å²) in [6.45, 7) is 9.51. The van der Waals surface area contributed by atoms with Gasteiger partial charge in [0.1, 0.15) is 5.69 Å². The number of hydrogen-bond acceptors (Lipinski definition) is 4. The van der Waals surface area contributed by atoms with Gasteiger partial charge in [-0.05, 0) is 20.8 Å². The molecule has 2 rings (SSSR count). The largest absolute Gasteiger partial charge is 0.375 e. The highest BCUT2D eigenvalue weighted by molar-refractivity contribution is 14.0. The molecule has 114 valence electrons. The second kappa shape index (κ2) is 7.77. The molecule has 0 amide bonds. The third kappa shape index (κ3) is 4.30. The Morgan fingerprint density at radius 2 is 2.25 bits per heavy atom. The minimum absolute atomic E-state index is 0. The predicted molar refractivity (Wildman–Crippen MR) is 88.2 cm³/mol. The zero-order chi connectivity index (χ0) is 13.8. The number of nitrogens with zero attached hydrogens (tertiary/aromatic N) is 5. The maximum atomic E-state index is 6.01. The van der Waals surface area contributed by atoms with E-state index in [2.05, 4.69) is 15.2 Å². The van der Waals surface area contributed by atoms with Gasteiger partial charge >= 0.3 is 0 Å². The molecule has 1 atom stereocenters. The Hall–Kier alpha value is -0.900. The number of rotatable bonds is 3. The zero-order valence-electron chi connectivity index (χ0n) is 12.2. The van der Waals surface area contributed by atoms with Crippen molar-refractivity contribution in [3.05, 3.63) is 11.4 Å². The molecule has 1 aliphatic rings. The van der Waals surface area contributed by atoms with Crippen molar-refractivity contribution in [2.24, 2.45) is 10.7 Å². The fourth-order valence-electron chi connectivity index (χ4n) is 2.03. The maximum absolute atomic E-state index is 6.01. The van der Waals surface area contributed by atoms with E-state index in [1.807, 2.05) is 25.7 Å². The molecule has 2 N–H and O–H groups in total. The molecule has 20 heavy (non-hydrogen) atoms. The van der Waals surface area contributed by atoms with Crippen molar-refractivity contribution in [1.29, 1.82) is 0 Å². The first-order valence-corrected chi connectivity index (χ1v) is 6.67. The van der Waals surface area contributed by atoms with Crippen molar-refractivity contribution in [3.8, 4) is 0 Å². The Balaban J connectivity index is 0.00000200. The number of aryl methyl sites for hydroxylation is 2. The van der Waals surface area contributed by atoms with Gasteiger partial charge in [-0.2, -0.15) is 15.0 Å².